The molecule has 0 amide bonds. The predicted molar refractivity (Wildman–Crippen MR) is 109 cm³/mol. The predicted octanol–water partition coefficient (Wildman–Crippen LogP) is 2.90. The molecule has 0 spiro atoms. The Bertz CT molecular complexity index is 783. The second-order valence-corrected chi connectivity index (χ2v) is 8.47. The first-order valence-electron chi connectivity index (χ1n) is 10.7. The Labute approximate surface area is 171 Å². The molecule has 2 saturated heterocycles. The molecule has 2 fully saturated rings. The summed E-state index contributed by atoms with van der Waals surface area (Å²) < 4.78 is 21.9. The average molecular weight is 403 g/mol. The molecule has 1 aromatic carbocycles. The molecule has 3 heterocycles. The van der Waals surface area contributed by atoms with Gasteiger partial charge in [-0.2, -0.15) is 0 Å². The highest BCUT2D eigenvalue weighted by Gasteiger charge is 2.31. The molecule has 29 heavy (non-hydrogen) atoms. The summed E-state index contributed by atoms with van der Waals surface area (Å²) in [4.78, 5) is 4.59. The second-order valence-electron chi connectivity index (χ2n) is 8.47. The number of hydrogen-bond donors (Lipinski definition) is 0. The standard InChI is InChI=1S/C21H31FN6O/c1-16(2)14-20(21-23-24-25-28(21)15-17-6-5-13-29-17)27-11-9-26(10-12-27)19-8-4-3-7-18(19)22/h3-4,7-8,16-17,20H,5-6,9-15H2,1-2H3/t17-,20+/m1/s1. The molecular formula is C21H31FN6O. The fourth-order valence-electron chi connectivity index (χ4n) is 4.41. The third-order valence-electron chi connectivity index (χ3n) is 5.90. The van der Waals surface area contributed by atoms with Gasteiger partial charge in [-0.15, -0.1) is 5.10 Å². The van der Waals surface area contributed by atoms with Crippen molar-refractivity contribution < 1.29 is 9.13 Å². The van der Waals surface area contributed by atoms with E-state index in [-0.39, 0.29) is 18.0 Å². The van der Waals surface area contributed by atoms with Crippen molar-refractivity contribution in [1.29, 1.82) is 0 Å². The van der Waals surface area contributed by atoms with Crippen molar-refractivity contribution in [3.63, 3.8) is 0 Å². The van der Waals surface area contributed by atoms with E-state index in [4.69, 9.17) is 4.74 Å². The van der Waals surface area contributed by atoms with E-state index in [1.807, 2.05) is 16.8 Å². The number of nitrogens with zero attached hydrogens (tertiary/aromatic N) is 6. The van der Waals surface area contributed by atoms with Gasteiger partial charge in [0.25, 0.3) is 0 Å². The zero-order valence-corrected chi connectivity index (χ0v) is 17.4. The molecule has 7 nitrogen and oxygen atoms in total. The minimum atomic E-state index is -0.153. The SMILES string of the molecule is CC(C)C[C@@H](c1nnnn1C[C@H]1CCCO1)N1CCN(c2ccccc2F)CC1. The lowest BCUT2D eigenvalue weighted by Gasteiger charge is -2.40. The Kier molecular flexibility index (Phi) is 6.40. The van der Waals surface area contributed by atoms with E-state index < -0.39 is 0 Å². The summed E-state index contributed by atoms with van der Waals surface area (Å²) in [5, 5.41) is 12.7. The molecule has 8 heteroatoms. The highest BCUT2D eigenvalue weighted by molar-refractivity contribution is 5.48. The first kappa shape index (κ1) is 20.2. The van der Waals surface area contributed by atoms with Gasteiger partial charge < -0.3 is 9.64 Å². The number of tetrazole rings is 1. The van der Waals surface area contributed by atoms with Crippen LogP contribution in [0.15, 0.2) is 24.3 Å². The molecule has 0 radical (unpaired) electrons. The zero-order valence-electron chi connectivity index (χ0n) is 17.4. The number of piperazine rings is 1. The van der Waals surface area contributed by atoms with Gasteiger partial charge in [-0.05, 0) is 47.7 Å². The monoisotopic (exact) mass is 402 g/mol. The Hall–Kier alpha value is -2.06. The van der Waals surface area contributed by atoms with Gasteiger partial charge in [-0.1, -0.05) is 26.0 Å². The number of hydrogen-bond acceptors (Lipinski definition) is 6. The van der Waals surface area contributed by atoms with Gasteiger partial charge in [-0.25, -0.2) is 9.07 Å². The Morgan fingerprint density at radius 2 is 1.97 bits per heavy atom. The fraction of sp³-hybridized carbons (Fsp3) is 0.667. The lowest BCUT2D eigenvalue weighted by molar-refractivity contribution is 0.0884. The largest absolute Gasteiger partial charge is 0.376 e. The van der Waals surface area contributed by atoms with Crippen LogP contribution in [0.1, 0.15) is 45.0 Å². The van der Waals surface area contributed by atoms with E-state index in [1.165, 1.54) is 6.07 Å². The quantitative estimate of drug-likeness (QED) is 0.710. The van der Waals surface area contributed by atoms with Gasteiger partial charge in [-0.3, -0.25) is 4.90 Å². The highest BCUT2D eigenvalue weighted by Crippen LogP contribution is 2.29. The van der Waals surface area contributed by atoms with E-state index in [1.54, 1.807) is 6.07 Å². The maximum Gasteiger partial charge on any atom is 0.168 e. The van der Waals surface area contributed by atoms with Crippen molar-refractivity contribution in [2.75, 3.05) is 37.7 Å². The number of halogens is 1. The van der Waals surface area contributed by atoms with Gasteiger partial charge in [0.1, 0.15) is 5.82 Å². The van der Waals surface area contributed by atoms with E-state index in [9.17, 15) is 4.39 Å². The van der Waals surface area contributed by atoms with Crippen molar-refractivity contribution in [2.45, 2.75) is 51.8 Å². The average Bonchev–Trinajstić information content (AvgIpc) is 3.39. The first-order valence-corrected chi connectivity index (χ1v) is 10.7. The molecule has 2 atom stereocenters. The Morgan fingerprint density at radius 1 is 1.17 bits per heavy atom. The minimum absolute atomic E-state index is 0.153. The third kappa shape index (κ3) is 4.75. The van der Waals surface area contributed by atoms with Gasteiger partial charge in [0.15, 0.2) is 5.82 Å². The molecule has 158 valence electrons. The van der Waals surface area contributed by atoms with Crippen LogP contribution in [0.2, 0.25) is 0 Å². The number of rotatable bonds is 7. The summed E-state index contributed by atoms with van der Waals surface area (Å²) in [5.74, 6) is 1.30. The third-order valence-corrected chi connectivity index (χ3v) is 5.90. The summed E-state index contributed by atoms with van der Waals surface area (Å²) >= 11 is 0. The van der Waals surface area contributed by atoms with Crippen LogP contribution in [0.4, 0.5) is 10.1 Å². The Balaban J connectivity index is 1.47. The Morgan fingerprint density at radius 3 is 2.66 bits per heavy atom. The van der Waals surface area contributed by atoms with Crippen molar-refractivity contribution >= 4 is 5.69 Å². The molecule has 4 rings (SSSR count). The maximum absolute atomic E-state index is 14.2. The van der Waals surface area contributed by atoms with Crippen LogP contribution in [0.25, 0.3) is 0 Å². The van der Waals surface area contributed by atoms with E-state index in [2.05, 4.69) is 39.2 Å². The number of benzene rings is 1. The van der Waals surface area contributed by atoms with Gasteiger partial charge in [0, 0.05) is 32.8 Å². The summed E-state index contributed by atoms with van der Waals surface area (Å²) in [6.45, 7) is 9.32. The molecule has 0 N–H and O–H groups in total. The van der Waals surface area contributed by atoms with E-state index in [0.29, 0.717) is 18.2 Å². The van der Waals surface area contributed by atoms with Crippen LogP contribution in [-0.2, 0) is 11.3 Å². The van der Waals surface area contributed by atoms with Gasteiger partial charge >= 0.3 is 0 Å². The van der Waals surface area contributed by atoms with Crippen LogP contribution in [0, 0.1) is 11.7 Å². The number of ether oxygens (including phenoxy) is 1. The van der Waals surface area contributed by atoms with E-state index in [0.717, 1.165) is 57.9 Å². The van der Waals surface area contributed by atoms with Crippen LogP contribution < -0.4 is 4.90 Å². The molecule has 0 bridgehead atoms. The smallest absolute Gasteiger partial charge is 0.168 e. The second kappa shape index (κ2) is 9.17. The lowest BCUT2D eigenvalue weighted by Crippen LogP contribution is -2.48. The summed E-state index contributed by atoms with van der Waals surface area (Å²) in [6, 6.07) is 7.18. The molecule has 2 aromatic rings. The van der Waals surface area contributed by atoms with Crippen molar-refractivity contribution in [1.82, 2.24) is 25.1 Å². The topological polar surface area (TPSA) is 59.3 Å². The molecule has 0 unspecified atom stereocenters. The first-order chi connectivity index (χ1) is 14.1. The van der Waals surface area contributed by atoms with Gasteiger partial charge in [0.05, 0.1) is 24.4 Å². The molecule has 0 aliphatic carbocycles. The van der Waals surface area contributed by atoms with Crippen LogP contribution in [0.5, 0.6) is 0 Å². The normalized spacial score (nSPS) is 21.8. The highest BCUT2D eigenvalue weighted by atomic mass is 19.1. The molecule has 2 aliphatic rings. The number of para-hydroxylation sites is 1. The summed E-state index contributed by atoms with van der Waals surface area (Å²) in [5.41, 5.74) is 0.691. The zero-order chi connectivity index (χ0) is 20.2. The van der Waals surface area contributed by atoms with Crippen molar-refractivity contribution in [3.8, 4) is 0 Å². The molecule has 0 saturated carbocycles. The van der Waals surface area contributed by atoms with Crippen LogP contribution in [-0.4, -0.2) is 64.0 Å². The molecule has 2 aliphatic heterocycles. The van der Waals surface area contributed by atoms with Crippen LogP contribution >= 0.6 is 0 Å². The summed E-state index contributed by atoms with van der Waals surface area (Å²) in [7, 11) is 0. The van der Waals surface area contributed by atoms with Crippen LogP contribution in [0.3, 0.4) is 0 Å². The number of aromatic nitrogens is 4. The van der Waals surface area contributed by atoms with Crippen molar-refractivity contribution in [3.05, 3.63) is 35.9 Å². The molecule has 1 aromatic heterocycles. The van der Waals surface area contributed by atoms with Gasteiger partial charge in [0.2, 0.25) is 0 Å². The molecular weight excluding hydrogens is 371 g/mol. The minimum Gasteiger partial charge on any atom is -0.376 e. The number of anilines is 1. The lowest BCUT2D eigenvalue weighted by atomic mass is 10.0. The summed E-state index contributed by atoms with van der Waals surface area (Å²) in [6.07, 6.45) is 3.37. The maximum atomic E-state index is 14.2. The van der Waals surface area contributed by atoms with Crippen molar-refractivity contribution in [2.24, 2.45) is 5.92 Å². The fourth-order valence-corrected chi connectivity index (χ4v) is 4.41. The van der Waals surface area contributed by atoms with E-state index >= 15 is 0 Å².